The molecular formula is C23H24N2O2. The van der Waals surface area contributed by atoms with Crippen LogP contribution in [0.25, 0.3) is 0 Å². The predicted molar refractivity (Wildman–Crippen MR) is 110 cm³/mol. The predicted octanol–water partition coefficient (Wildman–Crippen LogP) is 4.93. The molecule has 0 bridgehead atoms. The largest absolute Gasteiger partial charge is 0.487 e. The van der Waals surface area contributed by atoms with E-state index in [1.807, 2.05) is 80.6 Å². The van der Waals surface area contributed by atoms with Crippen molar-refractivity contribution in [3.8, 4) is 5.75 Å². The van der Waals surface area contributed by atoms with Gasteiger partial charge in [-0.15, -0.1) is 0 Å². The third-order valence-electron chi connectivity index (χ3n) is 4.23. The Morgan fingerprint density at radius 2 is 1.63 bits per heavy atom. The number of anilines is 2. The van der Waals surface area contributed by atoms with Crippen molar-refractivity contribution in [1.82, 2.24) is 0 Å². The molecule has 0 unspecified atom stereocenters. The summed E-state index contributed by atoms with van der Waals surface area (Å²) < 4.78 is 5.89. The van der Waals surface area contributed by atoms with E-state index in [0.717, 1.165) is 22.4 Å². The highest BCUT2D eigenvalue weighted by Gasteiger charge is 2.08. The molecular weight excluding hydrogens is 336 g/mol. The molecule has 0 saturated carbocycles. The van der Waals surface area contributed by atoms with Gasteiger partial charge in [-0.25, -0.2) is 0 Å². The first-order valence-electron chi connectivity index (χ1n) is 8.98. The fourth-order valence-electron chi connectivity index (χ4n) is 2.73. The second-order valence-electron chi connectivity index (χ2n) is 6.49. The maximum Gasteiger partial charge on any atom is 0.243 e. The molecule has 3 aromatic rings. The first-order valence-corrected chi connectivity index (χ1v) is 8.98. The summed E-state index contributed by atoms with van der Waals surface area (Å²) in [7, 11) is 0. The summed E-state index contributed by atoms with van der Waals surface area (Å²) in [6, 6.07) is 23.6. The highest BCUT2D eigenvalue weighted by Crippen LogP contribution is 2.25. The molecule has 3 rings (SSSR count). The van der Waals surface area contributed by atoms with Crippen molar-refractivity contribution >= 4 is 17.3 Å². The Balaban J connectivity index is 1.60. The van der Waals surface area contributed by atoms with Crippen molar-refractivity contribution in [2.75, 3.05) is 17.2 Å². The molecule has 0 saturated heterocycles. The first-order chi connectivity index (χ1) is 13.1. The van der Waals surface area contributed by atoms with Gasteiger partial charge in [0.1, 0.15) is 12.4 Å². The zero-order valence-electron chi connectivity index (χ0n) is 15.7. The average Bonchev–Trinajstić information content (AvgIpc) is 2.69. The number of aryl methyl sites for hydroxylation is 2. The monoisotopic (exact) mass is 360 g/mol. The van der Waals surface area contributed by atoms with Crippen LogP contribution in [0.5, 0.6) is 5.75 Å². The molecule has 0 atom stereocenters. The number of carbonyl (C=O) groups is 1. The maximum absolute atomic E-state index is 12.4. The van der Waals surface area contributed by atoms with E-state index >= 15 is 0 Å². The van der Waals surface area contributed by atoms with Gasteiger partial charge >= 0.3 is 0 Å². The molecule has 0 aliphatic carbocycles. The summed E-state index contributed by atoms with van der Waals surface area (Å²) in [5, 5.41) is 6.12. The summed E-state index contributed by atoms with van der Waals surface area (Å²) in [4.78, 5) is 12.4. The summed E-state index contributed by atoms with van der Waals surface area (Å²) in [5.74, 6) is 0.535. The molecule has 3 aromatic carbocycles. The first kappa shape index (κ1) is 18.5. The molecule has 0 heterocycles. The lowest BCUT2D eigenvalue weighted by Gasteiger charge is -2.14. The van der Waals surface area contributed by atoms with Crippen LogP contribution in [-0.2, 0) is 11.4 Å². The summed E-state index contributed by atoms with van der Waals surface area (Å²) in [5.41, 5.74) is 4.98. The fraction of sp³-hybridized carbons (Fsp3) is 0.174. The van der Waals surface area contributed by atoms with Crippen molar-refractivity contribution in [3.05, 3.63) is 89.5 Å². The van der Waals surface area contributed by atoms with Crippen LogP contribution in [0.3, 0.4) is 0 Å². The molecule has 0 aliphatic rings. The number of nitrogens with one attached hydrogen (secondary N) is 2. The molecule has 138 valence electrons. The minimum Gasteiger partial charge on any atom is -0.487 e. The van der Waals surface area contributed by atoms with Gasteiger partial charge in [0.15, 0.2) is 0 Å². The minimum atomic E-state index is -0.119. The number of benzene rings is 3. The highest BCUT2D eigenvalue weighted by molar-refractivity contribution is 5.95. The van der Waals surface area contributed by atoms with Gasteiger partial charge in [0.2, 0.25) is 5.91 Å². The Hall–Kier alpha value is -3.27. The fourth-order valence-corrected chi connectivity index (χ4v) is 2.73. The smallest absolute Gasteiger partial charge is 0.243 e. The van der Waals surface area contributed by atoms with Gasteiger partial charge in [-0.1, -0.05) is 54.6 Å². The van der Waals surface area contributed by atoms with Gasteiger partial charge in [-0.2, -0.15) is 0 Å². The standard InChI is InChI=1S/C23H24N2O2/c1-17-12-13-18(2)21(14-17)24-15-23(26)25-20-10-6-7-11-22(20)27-16-19-8-4-3-5-9-19/h3-14,24H,15-16H2,1-2H3,(H,25,26). The number of amides is 1. The lowest BCUT2D eigenvalue weighted by Crippen LogP contribution is -2.22. The molecule has 0 aromatic heterocycles. The third-order valence-corrected chi connectivity index (χ3v) is 4.23. The second kappa shape index (κ2) is 8.90. The zero-order chi connectivity index (χ0) is 19.1. The van der Waals surface area contributed by atoms with Crippen LogP contribution in [0.4, 0.5) is 11.4 Å². The highest BCUT2D eigenvalue weighted by atomic mass is 16.5. The van der Waals surface area contributed by atoms with Crippen LogP contribution in [0.2, 0.25) is 0 Å². The lowest BCUT2D eigenvalue weighted by atomic mass is 10.1. The topological polar surface area (TPSA) is 50.4 Å². The Morgan fingerprint density at radius 1 is 0.889 bits per heavy atom. The van der Waals surface area contributed by atoms with Crippen LogP contribution < -0.4 is 15.4 Å². The van der Waals surface area contributed by atoms with E-state index in [1.165, 1.54) is 0 Å². The van der Waals surface area contributed by atoms with Crippen LogP contribution in [0.1, 0.15) is 16.7 Å². The van der Waals surface area contributed by atoms with E-state index in [2.05, 4.69) is 16.7 Å². The number of hydrogen-bond donors (Lipinski definition) is 2. The normalized spacial score (nSPS) is 10.3. The van der Waals surface area contributed by atoms with E-state index < -0.39 is 0 Å². The summed E-state index contributed by atoms with van der Waals surface area (Å²) in [6.07, 6.45) is 0. The molecule has 4 nitrogen and oxygen atoms in total. The quantitative estimate of drug-likeness (QED) is 0.628. The van der Waals surface area contributed by atoms with Gasteiger partial charge in [-0.3, -0.25) is 4.79 Å². The second-order valence-corrected chi connectivity index (χ2v) is 6.49. The van der Waals surface area contributed by atoms with Gasteiger partial charge < -0.3 is 15.4 Å². The summed E-state index contributed by atoms with van der Waals surface area (Å²) >= 11 is 0. The molecule has 27 heavy (non-hydrogen) atoms. The minimum absolute atomic E-state index is 0.119. The maximum atomic E-state index is 12.4. The number of para-hydroxylation sites is 2. The van der Waals surface area contributed by atoms with Gasteiger partial charge in [0.25, 0.3) is 0 Å². The van der Waals surface area contributed by atoms with Crippen molar-refractivity contribution in [2.45, 2.75) is 20.5 Å². The number of ether oxygens (including phenoxy) is 1. The number of carbonyl (C=O) groups excluding carboxylic acids is 1. The Bertz CT molecular complexity index is 907. The molecule has 4 heteroatoms. The lowest BCUT2D eigenvalue weighted by molar-refractivity contribution is -0.114. The SMILES string of the molecule is Cc1ccc(C)c(NCC(=O)Nc2ccccc2OCc2ccccc2)c1. The van der Waals surface area contributed by atoms with Gasteiger partial charge in [0, 0.05) is 5.69 Å². The van der Waals surface area contributed by atoms with Crippen molar-refractivity contribution < 1.29 is 9.53 Å². The van der Waals surface area contributed by atoms with Crippen LogP contribution in [-0.4, -0.2) is 12.5 Å². The zero-order valence-corrected chi connectivity index (χ0v) is 15.7. The van der Waals surface area contributed by atoms with E-state index in [0.29, 0.717) is 18.0 Å². The molecule has 0 fully saturated rings. The Labute approximate surface area is 160 Å². The third kappa shape index (κ3) is 5.35. The summed E-state index contributed by atoms with van der Waals surface area (Å²) in [6.45, 7) is 4.70. The van der Waals surface area contributed by atoms with E-state index in [4.69, 9.17) is 4.74 Å². The van der Waals surface area contributed by atoms with E-state index in [9.17, 15) is 4.79 Å². The molecule has 1 amide bonds. The van der Waals surface area contributed by atoms with Crippen molar-refractivity contribution in [3.63, 3.8) is 0 Å². The molecule has 0 radical (unpaired) electrons. The molecule has 0 aliphatic heterocycles. The van der Waals surface area contributed by atoms with Crippen LogP contribution >= 0.6 is 0 Å². The van der Waals surface area contributed by atoms with Crippen LogP contribution in [0.15, 0.2) is 72.8 Å². The number of rotatable bonds is 7. The number of hydrogen-bond acceptors (Lipinski definition) is 3. The van der Waals surface area contributed by atoms with Gasteiger partial charge in [-0.05, 0) is 48.7 Å². The molecule has 2 N–H and O–H groups in total. The average molecular weight is 360 g/mol. The van der Waals surface area contributed by atoms with Crippen LogP contribution in [0, 0.1) is 13.8 Å². The Morgan fingerprint density at radius 3 is 2.44 bits per heavy atom. The van der Waals surface area contributed by atoms with Crippen molar-refractivity contribution in [2.24, 2.45) is 0 Å². The Kier molecular flexibility index (Phi) is 6.10. The van der Waals surface area contributed by atoms with E-state index in [-0.39, 0.29) is 12.5 Å². The van der Waals surface area contributed by atoms with E-state index in [1.54, 1.807) is 0 Å². The van der Waals surface area contributed by atoms with Crippen molar-refractivity contribution in [1.29, 1.82) is 0 Å². The van der Waals surface area contributed by atoms with Gasteiger partial charge in [0.05, 0.1) is 12.2 Å². The molecule has 0 spiro atoms.